The number of hydrogen-bond acceptors (Lipinski definition) is 7. The van der Waals surface area contributed by atoms with Crippen LogP contribution >= 0.6 is 0 Å². The first-order valence-electron chi connectivity index (χ1n) is 9.57. The molecule has 0 unspecified atom stereocenters. The number of phenols is 1. The molecule has 0 spiro atoms. The molecule has 0 aliphatic rings. The molecule has 0 atom stereocenters. The van der Waals surface area contributed by atoms with E-state index in [0.29, 0.717) is 40.9 Å². The Morgan fingerprint density at radius 1 is 0.903 bits per heavy atom. The second-order valence-corrected chi connectivity index (χ2v) is 6.68. The number of nitrogens with two attached hydrogens (primary N) is 1. The summed E-state index contributed by atoms with van der Waals surface area (Å²) in [5.41, 5.74) is 7.63. The van der Waals surface area contributed by atoms with Gasteiger partial charge >= 0.3 is 0 Å². The molecule has 3 N–H and O–H groups in total. The molecule has 156 valence electrons. The fourth-order valence-corrected chi connectivity index (χ4v) is 2.99. The van der Waals surface area contributed by atoms with Crippen LogP contribution in [0.3, 0.4) is 0 Å². The number of rotatable bonds is 7. The van der Waals surface area contributed by atoms with Crippen molar-refractivity contribution >= 4 is 5.95 Å². The highest BCUT2D eigenvalue weighted by Crippen LogP contribution is 2.38. The fourth-order valence-electron chi connectivity index (χ4n) is 2.99. The van der Waals surface area contributed by atoms with Crippen LogP contribution in [0.5, 0.6) is 28.7 Å². The summed E-state index contributed by atoms with van der Waals surface area (Å²) in [4.78, 5) is 8.29. The van der Waals surface area contributed by atoms with Gasteiger partial charge in [-0.1, -0.05) is 36.4 Å². The van der Waals surface area contributed by atoms with Crippen LogP contribution in [0.4, 0.5) is 5.95 Å². The van der Waals surface area contributed by atoms with Crippen molar-refractivity contribution in [1.29, 1.82) is 0 Å². The van der Waals surface area contributed by atoms with Crippen LogP contribution < -0.4 is 19.9 Å². The zero-order valence-electron chi connectivity index (χ0n) is 16.9. The number of nitrogens with zero attached hydrogens (tertiary/aromatic N) is 2. The van der Waals surface area contributed by atoms with Gasteiger partial charge in [0, 0.05) is 17.7 Å². The standard InChI is InChI=1S/C24H21N3O4/c1-29-17-8-5-9-19(12-17)31-22-14-26-24(25)27-23(22)20-11-10-18(13-21(20)28)30-15-16-6-3-2-4-7-16/h2-14,28H,15H2,1H3,(H2,25,26,27). The lowest BCUT2D eigenvalue weighted by atomic mass is 10.1. The van der Waals surface area contributed by atoms with Crippen LogP contribution in [0.2, 0.25) is 0 Å². The number of anilines is 1. The van der Waals surface area contributed by atoms with Gasteiger partial charge in [0.1, 0.15) is 35.3 Å². The molecule has 3 aromatic carbocycles. The molecule has 31 heavy (non-hydrogen) atoms. The van der Waals surface area contributed by atoms with Crippen LogP contribution in [0.25, 0.3) is 11.3 Å². The van der Waals surface area contributed by atoms with Crippen LogP contribution in [0, 0.1) is 0 Å². The normalized spacial score (nSPS) is 10.5. The first-order chi connectivity index (χ1) is 15.1. The number of benzene rings is 3. The minimum Gasteiger partial charge on any atom is -0.507 e. The molecule has 0 amide bonds. The van der Waals surface area contributed by atoms with Gasteiger partial charge in [-0.05, 0) is 29.8 Å². The quantitative estimate of drug-likeness (QED) is 0.447. The van der Waals surface area contributed by atoms with Gasteiger partial charge in [-0.25, -0.2) is 9.97 Å². The minimum absolute atomic E-state index is 0.0147. The van der Waals surface area contributed by atoms with E-state index in [2.05, 4.69) is 9.97 Å². The maximum atomic E-state index is 10.6. The van der Waals surface area contributed by atoms with Gasteiger partial charge in [0.05, 0.1) is 13.3 Å². The zero-order chi connectivity index (χ0) is 21.6. The number of methoxy groups -OCH3 is 1. The summed E-state index contributed by atoms with van der Waals surface area (Å²) in [7, 11) is 1.58. The van der Waals surface area contributed by atoms with Crippen molar-refractivity contribution in [2.45, 2.75) is 6.61 Å². The van der Waals surface area contributed by atoms with Crippen LogP contribution in [-0.2, 0) is 6.61 Å². The van der Waals surface area contributed by atoms with Crippen molar-refractivity contribution in [2.75, 3.05) is 12.8 Å². The number of ether oxygens (including phenoxy) is 3. The third-order valence-electron chi connectivity index (χ3n) is 4.52. The molecule has 0 saturated heterocycles. The number of hydrogen-bond donors (Lipinski definition) is 2. The van der Waals surface area contributed by atoms with E-state index in [1.807, 2.05) is 42.5 Å². The second-order valence-electron chi connectivity index (χ2n) is 6.68. The predicted molar refractivity (Wildman–Crippen MR) is 117 cm³/mol. The van der Waals surface area contributed by atoms with E-state index in [1.165, 1.54) is 12.3 Å². The Balaban J connectivity index is 1.60. The van der Waals surface area contributed by atoms with E-state index in [4.69, 9.17) is 19.9 Å². The summed E-state index contributed by atoms with van der Waals surface area (Å²) in [6.45, 7) is 0.393. The summed E-state index contributed by atoms with van der Waals surface area (Å²) in [6, 6.07) is 21.9. The molecule has 1 heterocycles. The van der Waals surface area contributed by atoms with Gasteiger partial charge < -0.3 is 25.1 Å². The monoisotopic (exact) mass is 415 g/mol. The second kappa shape index (κ2) is 9.04. The lowest BCUT2D eigenvalue weighted by Crippen LogP contribution is -2.00. The van der Waals surface area contributed by atoms with E-state index in [0.717, 1.165) is 5.56 Å². The van der Waals surface area contributed by atoms with Gasteiger partial charge in [-0.15, -0.1) is 0 Å². The van der Waals surface area contributed by atoms with E-state index in [1.54, 1.807) is 31.4 Å². The molecule has 0 radical (unpaired) electrons. The Labute approximate surface area is 179 Å². The lowest BCUT2D eigenvalue weighted by Gasteiger charge is -2.13. The molecule has 0 saturated carbocycles. The molecule has 0 bridgehead atoms. The van der Waals surface area contributed by atoms with Crippen LogP contribution in [-0.4, -0.2) is 22.2 Å². The average Bonchev–Trinajstić information content (AvgIpc) is 2.80. The zero-order valence-corrected chi connectivity index (χ0v) is 16.9. The van der Waals surface area contributed by atoms with E-state index in [-0.39, 0.29) is 11.7 Å². The Hall–Kier alpha value is -4.26. The summed E-state index contributed by atoms with van der Waals surface area (Å²) >= 11 is 0. The molecule has 1 aromatic heterocycles. The Morgan fingerprint density at radius 2 is 1.71 bits per heavy atom. The van der Waals surface area contributed by atoms with E-state index < -0.39 is 0 Å². The Kier molecular flexibility index (Phi) is 5.84. The summed E-state index contributed by atoms with van der Waals surface area (Å²) in [5.74, 6) is 2.11. The third-order valence-corrected chi connectivity index (χ3v) is 4.52. The van der Waals surface area contributed by atoms with Crippen LogP contribution in [0.1, 0.15) is 5.56 Å². The number of phenolic OH excluding ortho intramolecular Hbond substituents is 1. The largest absolute Gasteiger partial charge is 0.507 e. The smallest absolute Gasteiger partial charge is 0.220 e. The van der Waals surface area contributed by atoms with Crippen molar-refractivity contribution in [3.8, 4) is 40.0 Å². The van der Waals surface area contributed by atoms with Gasteiger partial charge in [-0.3, -0.25) is 0 Å². The van der Waals surface area contributed by atoms with Crippen molar-refractivity contribution in [3.63, 3.8) is 0 Å². The Morgan fingerprint density at radius 3 is 2.48 bits per heavy atom. The van der Waals surface area contributed by atoms with Crippen molar-refractivity contribution in [2.24, 2.45) is 0 Å². The Bertz CT molecular complexity index is 1180. The highest BCUT2D eigenvalue weighted by Gasteiger charge is 2.16. The summed E-state index contributed by atoms with van der Waals surface area (Å²) < 4.78 is 17.0. The SMILES string of the molecule is COc1cccc(Oc2cnc(N)nc2-c2ccc(OCc3ccccc3)cc2O)c1. The molecule has 4 rings (SSSR count). The molecule has 0 fully saturated rings. The van der Waals surface area contributed by atoms with Crippen molar-refractivity contribution in [1.82, 2.24) is 9.97 Å². The summed E-state index contributed by atoms with van der Waals surface area (Å²) in [6.07, 6.45) is 1.47. The third kappa shape index (κ3) is 4.84. The van der Waals surface area contributed by atoms with Gasteiger partial charge in [0.15, 0.2) is 5.75 Å². The molecular formula is C24H21N3O4. The lowest BCUT2D eigenvalue weighted by molar-refractivity contribution is 0.304. The van der Waals surface area contributed by atoms with Gasteiger partial charge in [0.25, 0.3) is 0 Å². The fraction of sp³-hybridized carbons (Fsp3) is 0.0833. The number of nitrogen functional groups attached to an aromatic ring is 1. The molecule has 7 nitrogen and oxygen atoms in total. The summed E-state index contributed by atoms with van der Waals surface area (Å²) in [5, 5.41) is 10.6. The molecule has 0 aliphatic heterocycles. The molecule has 7 heteroatoms. The number of aromatic hydroxyl groups is 1. The minimum atomic E-state index is -0.0147. The number of aromatic nitrogens is 2. The molecule has 4 aromatic rings. The van der Waals surface area contributed by atoms with E-state index >= 15 is 0 Å². The van der Waals surface area contributed by atoms with Gasteiger partial charge in [0.2, 0.25) is 5.95 Å². The molecular weight excluding hydrogens is 394 g/mol. The van der Waals surface area contributed by atoms with Crippen molar-refractivity contribution < 1.29 is 19.3 Å². The maximum Gasteiger partial charge on any atom is 0.220 e. The van der Waals surface area contributed by atoms with Crippen molar-refractivity contribution in [3.05, 3.63) is 84.6 Å². The van der Waals surface area contributed by atoms with Crippen LogP contribution in [0.15, 0.2) is 79.0 Å². The average molecular weight is 415 g/mol. The maximum absolute atomic E-state index is 10.6. The first-order valence-corrected chi connectivity index (χ1v) is 9.57. The highest BCUT2D eigenvalue weighted by molar-refractivity contribution is 5.73. The van der Waals surface area contributed by atoms with Gasteiger partial charge in [-0.2, -0.15) is 0 Å². The predicted octanol–water partition coefficient (Wildman–Crippen LogP) is 4.81. The highest BCUT2D eigenvalue weighted by atomic mass is 16.5. The van der Waals surface area contributed by atoms with E-state index in [9.17, 15) is 5.11 Å². The topological polar surface area (TPSA) is 99.7 Å². The first kappa shape index (κ1) is 20.0. The molecule has 0 aliphatic carbocycles.